The largest absolute Gasteiger partial charge is 0.481 e. The number of hydrogen-bond donors (Lipinski definition) is 2. The Hall–Kier alpha value is -1.84. The van der Waals surface area contributed by atoms with Crippen LogP contribution in [0.1, 0.15) is 31.4 Å². The lowest BCUT2D eigenvalue weighted by molar-refractivity contribution is -0.139. The Morgan fingerprint density at radius 3 is 2.82 bits per heavy atom. The molecule has 0 unspecified atom stereocenters. The summed E-state index contributed by atoms with van der Waals surface area (Å²) in [7, 11) is 0. The quantitative estimate of drug-likeness (QED) is 0.851. The number of para-hydroxylation sites is 1. The molecule has 3 rings (SSSR count). The second-order valence-electron chi connectivity index (χ2n) is 4.82. The van der Waals surface area contributed by atoms with Crippen molar-refractivity contribution in [2.45, 2.75) is 31.1 Å². The molecule has 1 fully saturated rings. The van der Waals surface area contributed by atoms with Crippen LogP contribution in [0.15, 0.2) is 24.3 Å². The maximum absolute atomic E-state index is 11.0. The number of hydrogen-bond acceptors (Lipinski definition) is 2. The molecule has 1 aromatic carbocycles. The lowest BCUT2D eigenvalue weighted by atomic mass is 9.64. The number of carboxylic acid groups (broad SMARTS) is 1. The second kappa shape index (κ2) is 3.58. The summed E-state index contributed by atoms with van der Waals surface area (Å²) in [6, 6.07) is 7.87. The molecule has 1 saturated carbocycles. The standard InChI is InChI=1S/C13H14N2O2/c16-11(17)8-13(6-3-7-13)12-9-4-1-2-5-10(9)14-15-12/h1-2,4-5H,3,6-8H2,(H,14,15)(H,16,17). The molecular formula is C13H14N2O2. The molecule has 1 heterocycles. The maximum atomic E-state index is 11.0. The number of carbonyl (C=O) groups is 1. The first-order valence-corrected chi connectivity index (χ1v) is 5.87. The minimum Gasteiger partial charge on any atom is -0.481 e. The van der Waals surface area contributed by atoms with Gasteiger partial charge in [0, 0.05) is 16.5 Å². The molecule has 0 amide bonds. The summed E-state index contributed by atoms with van der Waals surface area (Å²) < 4.78 is 0. The summed E-state index contributed by atoms with van der Waals surface area (Å²) in [5.74, 6) is -0.733. The minimum atomic E-state index is -0.733. The Morgan fingerprint density at radius 2 is 2.18 bits per heavy atom. The molecule has 0 radical (unpaired) electrons. The molecule has 88 valence electrons. The zero-order chi connectivity index (χ0) is 11.9. The molecule has 0 atom stereocenters. The third-order valence-electron chi connectivity index (χ3n) is 3.79. The molecule has 0 spiro atoms. The fourth-order valence-electron chi connectivity index (χ4n) is 2.77. The number of carboxylic acids is 1. The van der Waals surface area contributed by atoms with Crippen LogP contribution < -0.4 is 0 Å². The van der Waals surface area contributed by atoms with Gasteiger partial charge in [0.15, 0.2) is 0 Å². The van der Waals surface area contributed by atoms with Crippen molar-refractivity contribution in [2.75, 3.05) is 0 Å². The molecule has 4 heteroatoms. The summed E-state index contributed by atoms with van der Waals surface area (Å²) in [6.45, 7) is 0. The monoisotopic (exact) mass is 230 g/mol. The van der Waals surface area contributed by atoms with Crippen molar-refractivity contribution in [3.8, 4) is 0 Å². The third-order valence-corrected chi connectivity index (χ3v) is 3.79. The van der Waals surface area contributed by atoms with Crippen LogP contribution in [0.5, 0.6) is 0 Å². The van der Waals surface area contributed by atoms with Gasteiger partial charge in [-0.25, -0.2) is 0 Å². The van der Waals surface area contributed by atoms with E-state index in [0.717, 1.165) is 35.9 Å². The lowest BCUT2D eigenvalue weighted by Gasteiger charge is -2.40. The summed E-state index contributed by atoms with van der Waals surface area (Å²) in [6.07, 6.45) is 3.16. The van der Waals surface area contributed by atoms with E-state index in [4.69, 9.17) is 5.11 Å². The van der Waals surface area contributed by atoms with Gasteiger partial charge in [-0.2, -0.15) is 5.10 Å². The molecule has 0 aliphatic heterocycles. The lowest BCUT2D eigenvalue weighted by Crippen LogP contribution is -2.37. The molecule has 1 aliphatic rings. The Kier molecular flexibility index (Phi) is 2.18. The van der Waals surface area contributed by atoms with E-state index < -0.39 is 5.97 Å². The van der Waals surface area contributed by atoms with E-state index in [2.05, 4.69) is 10.2 Å². The molecule has 2 aromatic rings. The molecule has 2 N–H and O–H groups in total. The van der Waals surface area contributed by atoms with Gasteiger partial charge in [0.2, 0.25) is 0 Å². The highest BCUT2D eigenvalue weighted by molar-refractivity contribution is 5.83. The van der Waals surface area contributed by atoms with Gasteiger partial charge in [0.1, 0.15) is 0 Å². The number of aromatic amines is 1. The summed E-state index contributed by atoms with van der Waals surface area (Å²) in [5.41, 5.74) is 1.70. The average Bonchev–Trinajstić information content (AvgIpc) is 2.67. The first kappa shape index (κ1) is 10.3. The third kappa shape index (κ3) is 1.52. The van der Waals surface area contributed by atoms with Crippen molar-refractivity contribution in [1.82, 2.24) is 10.2 Å². The maximum Gasteiger partial charge on any atom is 0.304 e. The van der Waals surface area contributed by atoms with Crippen molar-refractivity contribution < 1.29 is 9.90 Å². The molecule has 4 nitrogen and oxygen atoms in total. The van der Waals surface area contributed by atoms with E-state index >= 15 is 0 Å². The van der Waals surface area contributed by atoms with Crippen molar-refractivity contribution in [1.29, 1.82) is 0 Å². The second-order valence-corrected chi connectivity index (χ2v) is 4.82. The predicted molar refractivity (Wildman–Crippen MR) is 63.9 cm³/mol. The SMILES string of the molecule is O=C(O)CC1(c2[nH]nc3ccccc23)CCC1. The van der Waals surface area contributed by atoms with Gasteiger partial charge >= 0.3 is 5.97 Å². The number of rotatable bonds is 3. The smallest absolute Gasteiger partial charge is 0.304 e. The number of fused-ring (bicyclic) bond motifs is 1. The van der Waals surface area contributed by atoms with Crippen LogP contribution in [0.25, 0.3) is 10.9 Å². The van der Waals surface area contributed by atoms with Gasteiger partial charge < -0.3 is 5.11 Å². The van der Waals surface area contributed by atoms with Crippen LogP contribution in [-0.4, -0.2) is 21.3 Å². The minimum absolute atomic E-state index is 0.194. The van der Waals surface area contributed by atoms with Gasteiger partial charge in [0.05, 0.1) is 11.9 Å². The van der Waals surface area contributed by atoms with Crippen LogP contribution >= 0.6 is 0 Å². The first-order chi connectivity index (χ1) is 8.21. The Labute approximate surface area is 98.6 Å². The van der Waals surface area contributed by atoms with E-state index in [0.29, 0.717) is 0 Å². The highest BCUT2D eigenvalue weighted by atomic mass is 16.4. The number of nitrogens with zero attached hydrogens (tertiary/aromatic N) is 1. The van der Waals surface area contributed by atoms with E-state index in [-0.39, 0.29) is 11.8 Å². The van der Waals surface area contributed by atoms with Gasteiger partial charge in [0.25, 0.3) is 0 Å². The van der Waals surface area contributed by atoms with Crippen molar-refractivity contribution in [3.63, 3.8) is 0 Å². The number of aromatic nitrogens is 2. The molecule has 17 heavy (non-hydrogen) atoms. The Morgan fingerprint density at radius 1 is 1.41 bits per heavy atom. The molecule has 0 bridgehead atoms. The zero-order valence-corrected chi connectivity index (χ0v) is 9.44. The van der Waals surface area contributed by atoms with Gasteiger partial charge in [-0.15, -0.1) is 0 Å². The van der Waals surface area contributed by atoms with Crippen LogP contribution in [0.4, 0.5) is 0 Å². The normalized spacial score (nSPS) is 17.9. The first-order valence-electron chi connectivity index (χ1n) is 5.87. The van der Waals surface area contributed by atoms with E-state index in [1.54, 1.807) is 0 Å². The predicted octanol–water partition coefficient (Wildman–Crippen LogP) is 2.46. The fourth-order valence-corrected chi connectivity index (χ4v) is 2.77. The molecule has 1 aliphatic carbocycles. The van der Waals surface area contributed by atoms with E-state index in [1.807, 2.05) is 24.3 Å². The van der Waals surface area contributed by atoms with Crippen LogP contribution in [0, 0.1) is 0 Å². The number of benzene rings is 1. The highest BCUT2D eigenvalue weighted by Gasteiger charge is 2.42. The van der Waals surface area contributed by atoms with E-state index in [9.17, 15) is 4.79 Å². The number of aliphatic carboxylic acids is 1. The number of nitrogens with one attached hydrogen (secondary N) is 1. The number of H-pyrrole nitrogens is 1. The summed E-state index contributed by atoms with van der Waals surface area (Å²) >= 11 is 0. The van der Waals surface area contributed by atoms with Crippen LogP contribution in [0.3, 0.4) is 0 Å². The zero-order valence-electron chi connectivity index (χ0n) is 9.44. The Balaban J connectivity index is 2.10. The van der Waals surface area contributed by atoms with E-state index in [1.165, 1.54) is 0 Å². The van der Waals surface area contributed by atoms with Crippen molar-refractivity contribution >= 4 is 16.9 Å². The fraction of sp³-hybridized carbons (Fsp3) is 0.385. The van der Waals surface area contributed by atoms with Gasteiger partial charge in [-0.3, -0.25) is 9.89 Å². The van der Waals surface area contributed by atoms with Crippen LogP contribution in [0.2, 0.25) is 0 Å². The Bertz CT molecular complexity index is 570. The molecule has 1 aromatic heterocycles. The molecule has 0 saturated heterocycles. The molecular weight excluding hydrogens is 216 g/mol. The van der Waals surface area contributed by atoms with Crippen molar-refractivity contribution in [3.05, 3.63) is 30.0 Å². The summed E-state index contributed by atoms with van der Waals surface area (Å²) in [5, 5.41) is 17.4. The average molecular weight is 230 g/mol. The summed E-state index contributed by atoms with van der Waals surface area (Å²) in [4.78, 5) is 11.0. The highest BCUT2D eigenvalue weighted by Crippen LogP contribution is 2.47. The van der Waals surface area contributed by atoms with Crippen molar-refractivity contribution in [2.24, 2.45) is 0 Å². The van der Waals surface area contributed by atoms with Crippen LogP contribution in [-0.2, 0) is 10.2 Å². The topological polar surface area (TPSA) is 66.0 Å². The van der Waals surface area contributed by atoms with Gasteiger partial charge in [-0.05, 0) is 18.9 Å². The van der Waals surface area contributed by atoms with Gasteiger partial charge in [-0.1, -0.05) is 24.6 Å².